The van der Waals surface area contributed by atoms with Crippen molar-refractivity contribution in [1.29, 1.82) is 0 Å². The smallest absolute Gasteiger partial charge is 0.238 e. The van der Waals surface area contributed by atoms with Gasteiger partial charge in [0.25, 0.3) is 0 Å². The molecule has 8 nitrogen and oxygen atoms in total. The lowest BCUT2D eigenvalue weighted by Crippen LogP contribution is -2.51. The maximum atomic E-state index is 12.4. The molecule has 1 heterocycles. The van der Waals surface area contributed by atoms with Crippen LogP contribution < -0.4 is 20.1 Å². The van der Waals surface area contributed by atoms with Gasteiger partial charge in [0, 0.05) is 38.3 Å². The zero-order chi connectivity index (χ0) is 20.5. The van der Waals surface area contributed by atoms with Crippen molar-refractivity contribution < 1.29 is 19.1 Å². The van der Waals surface area contributed by atoms with Crippen LogP contribution in [0.2, 0.25) is 0 Å². The van der Waals surface area contributed by atoms with E-state index in [9.17, 15) is 9.59 Å². The lowest BCUT2D eigenvalue weighted by Gasteiger charge is -2.34. The molecule has 1 unspecified atom stereocenters. The van der Waals surface area contributed by atoms with Crippen molar-refractivity contribution >= 4 is 17.5 Å². The number of rotatable bonds is 9. The Balaban J connectivity index is 1.78. The summed E-state index contributed by atoms with van der Waals surface area (Å²) in [5.41, 5.74) is 0.590. The van der Waals surface area contributed by atoms with Crippen LogP contribution in [-0.2, 0) is 9.59 Å². The Bertz CT molecular complexity index is 660. The molecule has 28 heavy (non-hydrogen) atoms. The van der Waals surface area contributed by atoms with Gasteiger partial charge in [-0.1, -0.05) is 6.92 Å². The Hall–Kier alpha value is -2.32. The van der Waals surface area contributed by atoms with E-state index in [2.05, 4.69) is 27.4 Å². The molecule has 1 saturated heterocycles. The number of methoxy groups -OCH3 is 2. The van der Waals surface area contributed by atoms with Crippen molar-refractivity contribution in [2.24, 2.45) is 0 Å². The second-order valence-electron chi connectivity index (χ2n) is 7.04. The second-order valence-corrected chi connectivity index (χ2v) is 7.04. The topological polar surface area (TPSA) is 83.1 Å². The minimum Gasteiger partial charge on any atom is -0.497 e. The number of anilines is 1. The molecule has 1 fully saturated rings. The number of ether oxygens (including phenoxy) is 2. The van der Waals surface area contributed by atoms with Crippen molar-refractivity contribution in [2.75, 3.05) is 58.8 Å². The second kappa shape index (κ2) is 10.9. The normalized spacial score (nSPS) is 16.3. The number of nitrogens with one attached hydrogen (secondary N) is 2. The maximum Gasteiger partial charge on any atom is 0.238 e. The van der Waals surface area contributed by atoms with Crippen molar-refractivity contribution in [3.05, 3.63) is 18.2 Å². The molecule has 0 aliphatic carbocycles. The predicted octanol–water partition coefficient (Wildman–Crippen LogP) is 1.17. The highest BCUT2D eigenvalue weighted by Gasteiger charge is 2.21. The van der Waals surface area contributed by atoms with Crippen LogP contribution in [0.15, 0.2) is 18.2 Å². The summed E-state index contributed by atoms with van der Waals surface area (Å²) in [5.74, 6) is 1.20. The van der Waals surface area contributed by atoms with Gasteiger partial charge in [-0.25, -0.2) is 0 Å². The molecule has 0 radical (unpaired) electrons. The lowest BCUT2D eigenvalue weighted by molar-refractivity contribution is -0.124. The van der Waals surface area contributed by atoms with E-state index in [0.717, 1.165) is 32.6 Å². The Kier molecular flexibility index (Phi) is 8.53. The first-order chi connectivity index (χ1) is 13.4. The fourth-order valence-electron chi connectivity index (χ4n) is 3.04. The molecule has 2 rings (SSSR count). The van der Waals surface area contributed by atoms with Crippen LogP contribution in [0, 0.1) is 0 Å². The largest absolute Gasteiger partial charge is 0.497 e. The Morgan fingerprint density at radius 2 is 1.64 bits per heavy atom. The maximum absolute atomic E-state index is 12.4. The summed E-state index contributed by atoms with van der Waals surface area (Å²) in [6, 6.07) is 5.49. The van der Waals surface area contributed by atoms with Gasteiger partial charge < -0.3 is 20.1 Å². The van der Waals surface area contributed by atoms with E-state index < -0.39 is 0 Å². The first kappa shape index (κ1) is 22.0. The molecule has 1 aromatic rings. The zero-order valence-electron chi connectivity index (χ0n) is 17.3. The Morgan fingerprint density at radius 3 is 2.18 bits per heavy atom. The first-order valence-corrected chi connectivity index (χ1v) is 9.71. The van der Waals surface area contributed by atoms with Crippen molar-refractivity contribution in [1.82, 2.24) is 15.1 Å². The molecule has 1 aromatic carbocycles. The molecule has 1 aliphatic rings. The number of piperazine rings is 1. The summed E-state index contributed by atoms with van der Waals surface area (Å²) in [4.78, 5) is 28.6. The number of carbonyl (C=O) groups excluding carboxylic acids is 2. The highest BCUT2D eigenvalue weighted by Crippen LogP contribution is 2.28. The molecular weight excluding hydrogens is 360 g/mol. The van der Waals surface area contributed by atoms with Crippen LogP contribution in [0.1, 0.15) is 20.3 Å². The fraction of sp³-hybridized carbons (Fsp3) is 0.600. The number of hydrogen-bond donors (Lipinski definition) is 2. The molecule has 1 atom stereocenters. The van der Waals surface area contributed by atoms with Crippen LogP contribution in [-0.4, -0.2) is 81.1 Å². The SMILES string of the molecule is CCC(C)NC(=O)CN1CCN(CC(=O)Nc2cc(OC)ccc2OC)CC1. The number of carbonyl (C=O) groups is 2. The van der Waals surface area contributed by atoms with Crippen LogP contribution in [0.4, 0.5) is 5.69 Å². The minimum atomic E-state index is -0.102. The number of hydrogen-bond acceptors (Lipinski definition) is 6. The van der Waals surface area contributed by atoms with E-state index >= 15 is 0 Å². The first-order valence-electron chi connectivity index (χ1n) is 9.71. The summed E-state index contributed by atoms with van der Waals surface area (Å²) in [5, 5.41) is 5.88. The van der Waals surface area contributed by atoms with Gasteiger partial charge >= 0.3 is 0 Å². The van der Waals surface area contributed by atoms with E-state index in [-0.39, 0.29) is 17.9 Å². The highest BCUT2D eigenvalue weighted by atomic mass is 16.5. The van der Waals surface area contributed by atoms with Crippen molar-refractivity contribution in [2.45, 2.75) is 26.3 Å². The Morgan fingerprint density at radius 1 is 1.04 bits per heavy atom. The van der Waals surface area contributed by atoms with Crippen LogP contribution >= 0.6 is 0 Å². The Labute approximate surface area is 167 Å². The monoisotopic (exact) mass is 392 g/mol. The van der Waals surface area contributed by atoms with Gasteiger partial charge in [0.1, 0.15) is 11.5 Å². The minimum absolute atomic E-state index is 0.0608. The van der Waals surface area contributed by atoms with E-state index in [1.807, 2.05) is 6.92 Å². The molecule has 2 amide bonds. The van der Waals surface area contributed by atoms with E-state index in [0.29, 0.717) is 30.3 Å². The van der Waals surface area contributed by atoms with E-state index in [1.165, 1.54) is 0 Å². The number of amides is 2. The lowest BCUT2D eigenvalue weighted by atomic mass is 10.2. The molecule has 0 saturated carbocycles. The molecule has 0 spiro atoms. The summed E-state index contributed by atoms with van der Waals surface area (Å²) in [7, 11) is 3.14. The third kappa shape index (κ3) is 6.69. The van der Waals surface area contributed by atoms with E-state index in [1.54, 1.807) is 32.4 Å². The molecule has 8 heteroatoms. The van der Waals surface area contributed by atoms with Crippen LogP contribution in [0.5, 0.6) is 11.5 Å². The van der Waals surface area contributed by atoms with Gasteiger partial charge in [0.2, 0.25) is 11.8 Å². The van der Waals surface area contributed by atoms with Gasteiger partial charge in [-0.15, -0.1) is 0 Å². The predicted molar refractivity (Wildman–Crippen MR) is 109 cm³/mol. The molecule has 1 aliphatic heterocycles. The van der Waals surface area contributed by atoms with Gasteiger partial charge in [-0.2, -0.15) is 0 Å². The molecule has 0 aromatic heterocycles. The summed E-state index contributed by atoms with van der Waals surface area (Å²) in [6.07, 6.45) is 0.923. The standard InChI is InChI=1S/C20H32N4O4/c1-5-15(2)21-19(25)13-23-8-10-24(11-9-23)14-20(26)22-17-12-16(27-3)6-7-18(17)28-4/h6-7,12,15H,5,8-11,13-14H2,1-4H3,(H,21,25)(H,22,26). The van der Waals surface area contributed by atoms with Gasteiger partial charge in [0.05, 0.1) is 33.0 Å². The van der Waals surface area contributed by atoms with Gasteiger partial charge in [-0.3, -0.25) is 19.4 Å². The van der Waals surface area contributed by atoms with Crippen molar-refractivity contribution in [3.63, 3.8) is 0 Å². The summed E-state index contributed by atoms with van der Waals surface area (Å²) < 4.78 is 10.5. The van der Waals surface area contributed by atoms with Gasteiger partial charge in [-0.05, 0) is 25.5 Å². The van der Waals surface area contributed by atoms with Crippen molar-refractivity contribution in [3.8, 4) is 11.5 Å². The third-order valence-electron chi connectivity index (χ3n) is 4.90. The summed E-state index contributed by atoms with van der Waals surface area (Å²) in [6.45, 7) is 7.80. The zero-order valence-corrected chi connectivity index (χ0v) is 17.3. The average Bonchev–Trinajstić information content (AvgIpc) is 2.69. The highest BCUT2D eigenvalue weighted by molar-refractivity contribution is 5.94. The quantitative estimate of drug-likeness (QED) is 0.657. The fourth-order valence-corrected chi connectivity index (χ4v) is 3.04. The summed E-state index contributed by atoms with van der Waals surface area (Å²) >= 11 is 0. The molecule has 0 bridgehead atoms. The number of benzene rings is 1. The molecular formula is C20H32N4O4. The van der Waals surface area contributed by atoms with E-state index in [4.69, 9.17) is 9.47 Å². The van der Waals surface area contributed by atoms with Gasteiger partial charge in [0.15, 0.2) is 0 Å². The average molecular weight is 393 g/mol. The molecule has 2 N–H and O–H groups in total. The third-order valence-corrected chi connectivity index (χ3v) is 4.90. The number of nitrogens with zero attached hydrogens (tertiary/aromatic N) is 2. The van der Waals surface area contributed by atoms with Crippen LogP contribution in [0.3, 0.4) is 0 Å². The van der Waals surface area contributed by atoms with Crippen LogP contribution in [0.25, 0.3) is 0 Å². The molecule has 156 valence electrons.